The number of benzene rings is 1. The smallest absolute Gasteiger partial charge is 0.303 e. The zero-order chi connectivity index (χ0) is 15.7. The third kappa shape index (κ3) is 4.06. The average Bonchev–Trinajstić information content (AvgIpc) is 2.31. The maximum Gasteiger partial charge on any atom is 0.303 e. The molecule has 8 heteroatoms. The summed E-state index contributed by atoms with van der Waals surface area (Å²) in [6.45, 7) is 0.157. The number of rotatable bonds is 6. The van der Waals surface area contributed by atoms with Crippen molar-refractivity contribution in [1.29, 1.82) is 0 Å². The van der Waals surface area contributed by atoms with Crippen molar-refractivity contribution in [2.24, 2.45) is 5.41 Å². The molecule has 116 valence electrons. The largest absolute Gasteiger partial charge is 0.481 e. The van der Waals surface area contributed by atoms with Gasteiger partial charge in [-0.25, -0.2) is 13.1 Å². The van der Waals surface area contributed by atoms with Crippen molar-refractivity contribution in [2.45, 2.75) is 30.6 Å². The van der Waals surface area contributed by atoms with E-state index in [1.807, 2.05) is 0 Å². The van der Waals surface area contributed by atoms with Gasteiger partial charge in [-0.05, 0) is 52.4 Å². The molecule has 1 aromatic rings. The number of carboxylic acids is 1. The molecule has 21 heavy (non-hydrogen) atoms. The lowest BCUT2D eigenvalue weighted by Crippen LogP contribution is -2.43. The van der Waals surface area contributed by atoms with E-state index in [0.717, 1.165) is 23.7 Å². The molecule has 0 aromatic heterocycles. The molecule has 0 aliphatic heterocycles. The first kappa shape index (κ1) is 16.9. The Morgan fingerprint density at radius 2 is 2.00 bits per heavy atom. The third-order valence-electron chi connectivity index (χ3n) is 3.76. The van der Waals surface area contributed by atoms with Crippen LogP contribution in [0.25, 0.3) is 0 Å². The Balaban J connectivity index is 2.12. The summed E-state index contributed by atoms with van der Waals surface area (Å²) in [5.74, 6) is -0.890. The molecule has 0 bridgehead atoms. The molecule has 0 amide bonds. The highest BCUT2D eigenvalue weighted by atomic mass is 79.9. The number of nitrogens with one attached hydrogen (secondary N) is 1. The third-order valence-corrected chi connectivity index (χ3v) is 6.63. The van der Waals surface area contributed by atoms with Crippen molar-refractivity contribution in [3.05, 3.63) is 27.1 Å². The Labute approximate surface area is 140 Å². The van der Waals surface area contributed by atoms with Crippen LogP contribution in [0.5, 0.6) is 0 Å². The summed E-state index contributed by atoms with van der Waals surface area (Å²) >= 11 is 6.50. The van der Waals surface area contributed by atoms with E-state index in [-0.39, 0.29) is 17.9 Å². The van der Waals surface area contributed by atoms with E-state index in [1.165, 1.54) is 6.07 Å². The first-order valence-electron chi connectivity index (χ1n) is 6.41. The molecule has 5 nitrogen and oxygen atoms in total. The summed E-state index contributed by atoms with van der Waals surface area (Å²) in [6, 6.07) is 4.81. The molecule has 1 aromatic carbocycles. The Morgan fingerprint density at radius 3 is 2.48 bits per heavy atom. The summed E-state index contributed by atoms with van der Waals surface area (Å²) in [6.07, 6.45) is 2.42. The number of sulfonamides is 1. The fourth-order valence-electron chi connectivity index (χ4n) is 2.43. The van der Waals surface area contributed by atoms with Gasteiger partial charge >= 0.3 is 5.97 Å². The topological polar surface area (TPSA) is 83.5 Å². The molecular formula is C13H15Br2NO4S. The maximum atomic E-state index is 12.3. The van der Waals surface area contributed by atoms with Gasteiger partial charge in [-0.2, -0.15) is 0 Å². The predicted molar refractivity (Wildman–Crippen MR) is 85.6 cm³/mol. The molecule has 1 aliphatic rings. The molecule has 0 atom stereocenters. The van der Waals surface area contributed by atoms with E-state index in [0.29, 0.717) is 4.47 Å². The fourth-order valence-corrected chi connectivity index (χ4v) is 5.33. The normalized spacial score (nSPS) is 17.2. The van der Waals surface area contributed by atoms with Gasteiger partial charge in [0.2, 0.25) is 10.0 Å². The quantitative estimate of drug-likeness (QED) is 0.711. The minimum atomic E-state index is -3.66. The Bertz CT molecular complexity index is 656. The van der Waals surface area contributed by atoms with Crippen LogP contribution in [0.4, 0.5) is 0 Å². The second-order valence-electron chi connectivity index (χ2n) is 5.32. The fraction of sp³-hybridized carbons (Fsp3) is 0.462. The second kappa shape index (κ2) is 6.36. The molecule has 0 radical (unpaired) electrons. The highest BCUT2D eigenvalue weighted by Crippen LogP contribution is 2.43. The lowest BCUT2D eigenvalue weighted by molar-refractivity contribution is -0.141. The average molecular weight is 441 g/mol. The van der Waals surface area contributed by atoms with Gasteiger partial charge in [-0.1, -0.05) is 22.4 Å². The zero-order valence-corrected chi connectivity index (χ0v) is 15.1. The van der Waals surface area contributed by atoms with Crippen molar-refractivity contribution in [3.63, 3.8) is 0 Å². The summed E-state index contributed by atoms with van der Waals surface area (Å²) < 4.78 is 28.4. The van der Waals surface area contributed by atoms with Crippen molar-refractivity contribution in [3.8, 4) is 0 Å². The van der Waals surface area contributed by atoms with Crippen LogP contribution < -0.4 is 4.72 Å². The van der Waals surface area contributed by atoms with E-state index < -0.39 is 21.4 Å². The molecule has 1 aliphatic carbocycles. The van der Waals surface area contributed by atoms with Crippen molar-refractivity contribution in [1.82, 2.24) is 4.72 Å². The molecular weight excluding hydrogens is 426 g/mol. The van der Waals surface area contributed by atoms with Gasteiger partial charge in [0, 0.05) is 15.5 Å². The first-order chi connectivity index (χ1) is 9.74. The molecule has 1 fully saturated rings. The second-order valence-corrected chi connectivity index (χ2v) is 8.83. The van der Waals surface area contributed by atoms with E-state index in [2.05, 4.69) is 36.6 Å². The summed E-state index contributed by atoms with van der Waals surface area (Å²) in [4.78, 5) is 11.1. The number of carboxylic acid groups (broad SMARTS) is 1. The van der Waals surface area contributed by atoms with Crippen molar-refractivity contribution < 1.29 is 18.3 Å². The minimum Gasteiger partial charge on any atom is -0.481 e. The van der Waals surface area contributed by atoms with E-state index in [4.69, 9.17) is 5.11 Å². The van der Waals surface area contributed by atoms with Crippen LogP contribution in [-0.4, -0.2) is 26.0 Å². The summed E-state index contributed by atoms with van der Waals surface area (Å²) in [7, 11) is -3.66. The van der Waals surface area contributed by atoms with E-state index in [9.17, 15) is 13.2 Å². The SMILES string of the molecule is O=C(O)CC1(CNS(=O)(=O)c2ccc(Br)cc2Br)CCC1. The summed E-state index contributed by atoms with van der Waals surface area (Å²) in [5, 5.41) is 8.95. The minimum absolute atomic E-state index is 0.00295. The van der Waals surface area contributed by atoms with Gasteiger partial charge < -0.3 is 5.11 Å². The Kier molecular flexibility index (Phi) is 5.12. The highest BCUT2D eigenvalue weighted by Gasteiger charge is 2.40. The van der Waals surface area contributed by atoms with Gasteiger partial charge in [0.25, 0.3) is 0 Å². The van der Waals surface area contributed by atoms with Crippen LogP contribution in [0.2, 0.25) is 0 Å². The molecule has 0 saturated heterocycles. The standard InChI is InChI=1S/C13H15Br2NO4S/c14-9-2-3-11(10(15)6-9)21(19,20)16-8-13(4-1-5-13)7-12(17)18/h2-3,6,16H,1,4-5,7-8H2,(H,17,18). The van der Waals surface area contributed by atoms with E-state index >= 15 is 0 Å². The van der Waals surface area contributed by atoms with Crippen LogP contribution in [0, 0.1) is 5.41 Å². The number of halogens is 2. The molecule has 0 spiro atoms. The molecule has 1 saturated carbocycles. The van der Waals surface area contributed by atoms with Gasteiger partial charge in [0.1, 0.15) is 0 Å². The van der Waals surface area contributed by atoms with Gasteiger partial charge in [0.15, 0.2) is 0 Å². The molecule has 2 N–H and O–H groups in total. The summed E-state index contributed by atoms with van der Waals surface area (Å²) in [5.41, 5.74) is -0.444. The van der Waals surface area contributed by atoms with Gasteiger partial charge in [-0.15, -0.1) is 0 Å². The predicted octanol–water partition coefficient (Wildman–Crippen LogP) is 3.13. The number of hydrogen-bond acceptors (Lipinski definition) is 3. The highest BCUT2D eigenvalue weighted by molar-refractivity contribution is 9.11. The maximum absolute atomic E-state index is 12.3. The zero-order valence-electron chi connectivity index (χ0n) is 11.1. The van der Waals surface area contributed by atoms with Crippen LogP contribution in [-0.2, 0) is 14.8 Å². The van der Waals surface area contributed by atoms with Crippen molar-refractivity contribution >= 4 is 47.9 Å². The lowest BCUT2D eigenvalue weighted by Gasteiger charge is -2.40. The molecule has 0 unspecified atom stereocenters. The van der Waals surface area contributed by atoms with Crippen LogP contribution >= 0.6 is 31.9 Å². The lowest BCUT2D eigenvalue weighted by atomic mass is 9.67. The molecule has 0 heterocycles. The van der Waals surface area contributed by atoms with Gasteiger partial charge in [0.05, 0.1) is 11.3 Å². The van der Waals surface area contributed by atoms with Crippen LogP contribution in [0.1, 0.15) is 25.7 Å². The van der Waals surface area contributed by atoms with Crippen molar-refractivity contribution in [2.75, 3.05) is 6.54 Å². The van der Waals surface area contributed by atoms with Gasteiger partial charge in [-0.3, -0.25) is 4.79 Å². The van der Waals surface area contributed by atoms with Crippen LogP contribution in [0.3, 0.4) is 0 Å². The van der Waals surface area contributed by atoms with Crippen LogP contribution in [0.15, 0.2) is 32.0 Å². The monoisotopic (exact) mass is 439 g/mol. The number of aliphatic carboxylic acids is 1. The first-order valence-corrected chi connectivity index (χ1v) is 9.48. The number of carbonyl (C=O) groups is 1. The number of hydrogen-bond donors (Lipinski definition) is 2. The Hall–Kier alpha value is -0.440. The van der Waals surface area contributed by atoms with E-state index in [1.54, 1.807) is 12.1 Å². The Morgan fingerprint density at radius 1 is 1.33 bits per heavy atom. The molecule has 2 rings (SSSR count).